The number of nitrogens with one attached hydrogen (secondary N) is 1. The van der Waals surface area contributed by atoms with E-state index in [1.165, 1.54) is 10.4 Å². The Morgan fingerprint density at radius 1 is 1.33 bits per heavy atom. The van der Waals surface area contributed by atoms with Crippen LogP contribution in [-0.4, -0.2) is 51.5 Å². The van der Waals surface area contributed by atoms with E-state index in [1.807, 2.05) is 0 Å². The molecule has 0 bridgehead atoms. The normalized spacial score (nSPS) is 15.7. The first-order valence-corrected chi connectivity index (χ1v) is 10.2. The van der Waals surface area contributed by atoms with Gasteiger partial charge in [-0.3, -0.25) is 0 Å². The number of rotatable bonds is 5. The number of halogens is 1. The van der Waals surface area contributed by atoms with Gasteiger partial charge in [-0.1, -0.05) is 0 Å². The third kappa shape index (κ3) is 4.13. The van der Waals surface area contributed by atoms with Crippen molar-refractivity contribution in [3.63, 3.8) is 0 Å². The molecule has 1 N–H and O–H groups in total. The number of piperidine rings is 1. The van der Waals surface area contributed by atoms with E-state index in [0.717, 1.165) is 25.9 Å². The molecule has 1 aromatic carbocycles. The Morgan fingerprint density at radius 3 is 2.63 bits per heavy atom. The molecule has 1 aromatic heterocycles. The van der Waals surface area contributed by atoms with Crippen molar-refractivity contribution in [1.82, 2.24) is 9.62 Å². The minimum atomic E-state index is -3.62. The average Bonchev–Trinajstić information content (AvgIpc) is 2.98. The summed E-state index contributed by atoms with van der Waals surface area (Å²) in [5.74, 6) is -0.430. The molecule has 0 spiro atoms. The minimum absolute atomic E-state index is 0. The Labute approximate surface area is 165 Å². The molecule has 2 aromatic rings. The maximum absolute atomic E-state index is 13.0. The van der Waals surface area contributed by atoms with Crippen molar-refractivity contribution < 1.29 is 22.4 Å². The second-order valence-corrected chi connectivity index (χ2v) is 8.43. The van der Waals surface area contributed by atoms with E-state index in [1.54, 1.807) is 33.0 Å². The zero-order valence-corrected chi connectivity index (χ0v) is 17.3. The monoisotopic (exact) mass is 416 g/mol. The molecule has 150 valence electrons. The van der Waals surface area contributed by atoms with Crippen molar-refractivity contribution in [1.29, 1.82) is 0 Å². The lowest BCUT2D eigenvalue weighted by atomic mass is 10.1. The van der Waals surface area contributed by atoms with Crippen LogP contribution in [0.1, 0.15) is 35.9 Å². The quantitative estimate of drug-likeness (QED) is 0.754. The van der Waals surface area contributed by atoms with Crippen molar-refractivity contribution in [2.24, 2.45) is 0 Å². The minimum Gasteiger partial charge on any atom is -0.460 e. The number of nitrogens with zero attached hydrogens (tertiary/aromatic N) is 1. The van der Waals surface area contributed by atoms with Gasteiger partial charge in [-0.05, 0) is 58.0 Å². The van der Waals surface area contributed by atoms with Crippen LogP contribution in [0.15, 0.2) is 27.5 Å². The largest absolute Gasteiger partial charge is 0.460 e. The number of carbonyl (C=O) groups is 1. The van der Waals surface area contributed by atoms with Crippen LogP contribution in [0.2, 0.25) is 0 Å². The highest BCUT2D eigenvalue weighted by molar-refractivity contribution is 7.89. The number of fused-ring (bicyclic) bond motifs is 1. The molecule has 0 atom stereocenters. The van der Waals surface area contributed by atoms with Crippen LogP contribution < -0.4 is 5.32 Å². The van der Waals surface area contributed by atoms with Gasteiger partial charge in [-0.2, -0.15) is 4.31 Å². The molecule has 0 radical (unpaired) electrons. The molecule has 2 heterocycles. The van der Waals surface area contributed by atoms with Crippen LogP contribution in [0, 0.1) is 6.92 Å². The Hall–Kier alpha value is -1.61. The standard InChI is InChI=1S/C18H24N2O5S.ClH/c1-4-24-18(21)17-12(2)15-11-14(5-6-16(15)25-17)26(22,23)20(3)13-7-9-19-10-8-13;/h5-6,11,13,19H,4,7-10H2,1-3H3;1H. The lowest BCUT2D eigenvalue weighted by Crippen LogP contribution is -2.43. The third-order valence-corrected chi connectivity index (χ3v) is 6.77. The Morgan fingerprint density at radius 2 is 2.00 bits per heavy atom. The number of hydrogen-bond acceptors (Lipinski definition) is 6. The summed E-state index contributed by atoms with van der Waals surface area (Å²) in [7, 11) is -1.99. The van der Waals surface area contributed by atoms with Gasteiger partial charge in [0.1, 0.15) is 5.58 Å². The molecule has 0 saturated carbocycles. The average molecular weight is 417 g/mol. The van der Waals surface area contributed by atoms with Crippen LogP contribution in [0.3, 0.4) is 0 Å². The molecule has 0 amide bonds. The molecule has 9 heteroatoms. The summed E-state index contributed by atoms with van der Waals surface area (Å²) < 4.78 is 38.0. The first-order chi connectivity index (χ1) is 12.4. The van der Waals surface area contributed by atoms with Gasteiger partial charge in [0.15, 0.2) is 0 Å². The van der Waals surface area contributed by atoms with Crippen molar-refractivity contribution in [2.45, 2.75) is 37.6 Å². The highest BCUT2D eigenvalue weighted by atomic mass is 35.5. The highest BCUT2D eigenvalue weighted by Gasteiger charge is 2.30. The number of aryl methyl sites for hydroxylation is 1. The Balaban J connectivity index is 0.00000261. The smallest absolute Gasteiger partial charge is 0.374 e. The van der Waals surface area contributed by atoms with Crippen LogP contribution >= 0.6 is 12.4 Å². The summed E-state index contributed by atoms with van der Waals surface area (Å²) in [6.45, 7) is 5.32. The molecule has 0 aliphatic carbocycles. The molecule has 1 aliphatic rings. The molecule has 1 saturated heterocycles. The lowest BCUT2D eigenvalue weighted by Gasteiger charge is -2.30. The topological polar surface area (TPSA) is 88.8 Å². The first-order valence-electron chi connectivity index (χ1n) is 8.75. The SMILES string of the molecule is CCOC(=O)c1oc2ccc(S(=O)(=O)N(C)C3CCNCC3)cc2c1C.Cl. The van der Waals surface area contributed by atoms with Crippen LogP contribution in [0.5, 0.6) is 0 Å². The number of furan rings is 1. The number of benzene rings is 1. The van der Waals surface area contributed by atoms with E-state index in [-0.39, 0.29) is 35.7 Å². The van der Waals surface area contributed by atoms with E-state index in [0.29, 0.717) is 16.5 Å². The zero-order chi connectivity index (χ0) is 18.9. The molecular formula is C18H25ClN2O5S. The van der Waals surface area contributed by atoms with E-state index in [9.17, 15) is 13.2 Å². The van der Waals surface area contributed by atoms with Gasteiger partial charge in [-0.25, -0.2) is 13.2 Å². The van der Waals surface area contributed by atoms with Gasteiger partial charge in [0.05, 0.1) is 11.5 Å². The molecule has 27 heavy (non-hydrogen) atoms. The summed E-state index contributed by atoms with van der Waals surface area (Å²) >= 11 is 0. The maximum atomic E-state index is 13.0. The lowest BCUT2D eigenvalue weighted by molar-refractivity contribution is 0.0491. The second kappa shape index (κ2) is 8.60. The number of hydrogen-bond donors (Lipinski definition) is 1. The van der Waals surface area contributed by atoms with E-state index >= 15 is 0 Å². The summed E-state index contributed by atoms with van der Waals surface area (Å²) in [6, 6.07) is 4.67. The fraction of sp³-hybridized carbons (Fsp3) is 0.500. The fourth-order valence-electron chi connectivity index (χ4n) is 3.28. The molecule has 1 aliphatic heterocycles. The zero-order valence-electron chi connectivity index (χ0n) is 15.6. The van der Waals surface area contributed by atoms with Gasteiger partial charge in [0.2, 0.25) is 15.8 Å². The third-order valence-electron chi connectivity index (χ3n) is 4.87. The predicted octanol–water partition coefficient (Wildman–Crippen LogP) is 2.71. The highest BCUT2D eigenvalue weighted by Crippen LogP contribution is 2.30. The van der Waals surface area contributed by atoms with Crippen LogP contribution in [0.25, 0.3) is 11.0 Å². The van der Waals surface area contributed by atoms with Crippen LogP contribution in [-0.2, 0) is 14.8 Å². The molecule has 1 fully saturated rings. The van der Waals surface area contributed by atoms with Gasteiger partial charge in [0.25, 0.3) is 0 Å². The van der Waals surface area contributed by atoms with E-state index in [4.69, 9.17) is 9.15 Å². The molecule has 3 rings (SSSR count). The summed E-state index contributed by atoms with van der Waals surface area (Å²) in [4.78, 5) is 12.2. The number of sulfonamides is 1. The van der Waals surface area contributed by atoms with E-state index in [2.05, 4.69) is 5.32 Å². The summed E-state index contributed by atoms with van der Waals surface area (Å²) in [6.07, 6.45) is 1.57. The maximum Gasteiger partial charge on any atom is 0.374 e. The second-order valence-electron chi connectivity index (χ2n) is 6.44. The first kappa shape index (κ1) is 21.7. The van der Waals surface area contributed by atoms with Crippen molar-refractivity contribution >= 4 is 39.4 Å². The number of ether oxygens (including phenoxy) is 1. The van der Waals surface area contributed by atoms with Crippen LogP contribution in [0.4, 0.5) is 0 Å². The van der Waals surface area contributed by atoms with Crippen molar-refractivity contribution in [2.75, 3.05) is 26.7 Å². The Bertz CT molecular complexity index is 919. The fourth-order valence-corrected chi connectivity index (χ4v) is 4.73. The Kier molecular flexibility index (Phi) is 6.91. The molecular weight excluding hydrogens is 392 g/mol. The molecule has 7 nitrogen and oxygen atoms in total. The van der Waals surface area contributed by atoms with Crippen molar-refractivity contribution in [3.8, 4) is 0 Å². The van der Waals surface area contributed by atoms with E-state index < -0.39 is 16.0 Å². The summed E-state index contributed by atoms with van der Waals surface area (Å²) in [5.41, 5.74) is 1.05. The number of esters is 1. The van der Waals surface area contributed by atoms with Gasteiger partial charge >= 0.3 is 5.97 Å². The van der Waals surface area contributed by atoms with Crippen molar-refractivity contribution in [3.05, 3.63) is 29.5 Å². The van der Waals surface area contributed by atoms with Gasteiger partial charge < -0.3 is 14.5 Å². The van der Waals surface area contributed by atoms with Gasteiger partial charge in [-0.15, -0.1) is 12.4 Å². The van der Waals surface area contributed by atoms with Gasteiger partial charge in [0, 0.05) is 24.0 Å². The predicted molar refractivity (Wildman–Crippen MR) is 105 cm³/mol. The molecule has 0 unspecified atom stereocenters. The number of carbonyl (C=O) groups excluding carboxylic acids is 1. The summed E-state index contributed by atoms with van der Waals surface area (Å²) in [5, 5.41) is 3.84.